The summed E-state index contributed by atoms with van der Waals surface area (Å²) in [6.45, 7) is 22.5. The van der Waals surface area contributed by atoms with Gasteiger partial charge in [-0.2, -0.15) is 0 Å². The molecule has 3 aliphatic heterocycles. The fourth-order valence-corrected chi connectivity index (χ4v) is 7.66. The molecule has 0 radical (unpaired) electrons. The second kappa shape index (κ2) is 9.47. The van der Waals surface area contributed by atoms with Crippen molar-refractivity contribution in [2.24, 2.45) is 11.3 Å². The van der Waals surface area contributed by atoms with E-state index in [4.69, 9.17) is 9.15 Å². The fraction of sp³-hybridized carbons (Fsp3) is 0.366. The molecule has 46 heavy (non-hydrogen) atoms. The molecule has 0 amide bonds. The van der Waals surface area contributed by atoms with E-state index in [2.05, 4.69) is 152 Å². The Morgan fingerprint density at radius 3 is 2.17 bits per heavy atom. The average Bonchev–Trinajstić information content (AvgIpc) is 3.53. The molecule has 2 unspecified atom stereocenters. The van der Waals surface area contributed by atoms with Gasteiger partial charge in [-0.1, -0.05) is 92.7 Å². The molecule has 234 valence electrons. The predicted octanol–water partition coefficient (Wildman–Crippen LogP) is 9.46. The summed E-state index contributed by atoms with van der Waals surface area (Å²) in [6, 6.07) is 20.5. The van der Waals surface area contributed by atoms with Crippen molar-refractivity contribution in [2.75, 3.05) is 10.2 Å². The van der Waals surface area contributed by atoms with Gasteiger partial charge in [-0.25, -0.2) is 0 Å². The minimum Gasteiger partial charge on any atom is -0.497 e. The molecule has 1 aromatic heterocycles. The first-order valence-corrected chi connectivity index (χ1v) is 16.8. The molecule has 0 saturated carbocycles. The molecule has 0 bridgehead atoms. The molecule has 1 aliphatic carbocycles. The fourth-order valence-electron chi connectivity index (χ4n) is 7.66. The first kappa shape index (κ1) is 29.3. The van der Waals surface area contributed by atoms with Crippen molar-refractivity contribution >= 4 is 51.6 Å². The van der Waals surface area contributed by atoms with Gasteiger partial charge in [0.25, 0.3) is 0 Å². The van der Waals surface area contributed by atoms with E-state index in [1.807, 2.05) is 0 Å². The maximum absolute atomic E-state index is 6.99. The Kier molecular flexibility index (Phi) is 6.03. The molecule has 0 saturated heterocycles. The number of furan rings is 1. The van der Waals surface area contributed by atoms with E-state index in [0.29, 0.717) is 0 Å². The van der Waals surface area contributed by atoms with Crippen molar-refractivity contribution < 1.29 is 9.15 Å². The van der Waals surface area contributed by atoms with Crippen LogP contribution in [-0.2, 0) is 15.6 Å². The molecule has 4 aliphatic rings. The maximum Gasteiger partial charge on any atom is 0.340 e. The van der Waals surface area contributed by atoms with Gasteiger partial charge in [-0.15, -0.1) is 0 Å². The van der Waals surface area contributed by atoms with Crippen molar-refractivity contribution in [3.8, 4) is 0 Å². The number of rotatable bonds is 1. The van der Waals surface area contributed by atoms with Crippen molar-refractivity contribution in [3.05, 3.63) is 106 Å². The van der Waals surface area contributed by atoms with Crippen LogP contribution in [0.2, 0.25) is 0 Å². The van der Waals surface area contributed by atoms with Gasteiger partial charge in [0.2, 0.25) is 0 Å². The molecule has 2 atom stereocenters. The second-order valence-electron chi connectivity index (χ2n) is 16.8. The minimum atomic E-state index is -0.141. The first-order valence-electron chi connectivity index (χ1n) is 16.8. The quantitative estimate of drug-likeness (QED) is 0.219. The third kappa shape index (κ3) is 4.34. The summed E-state index contributed by atoms with van der Waals surface area (Å²) in [7, 11) is 0. The Hall–Kier alpha value is -4.12. The summed E-state index contributed by atoms with van der Waals surface area (Å²) in [6.07, 6.45) is 6.89. The number of aryl methyl sites for hydroxylation is 1. The van der Waals surface area contributed by atoms with Gasteiger partial charge >= 0.3 is 6.71 Å². The zero-order chi connectivity index (χ0) is 32.5. The first-order chi connectivity index (χ1) is 21.6. The van der Waals surface area contributed by atoms with Crippen LogP contribution in [0.25, 0.3) is 11.0 Å². The molecule has 8 rings (SSSR count). The van der Waals surface area contributed by atoms with E-state index in [1.165, 1.54) is 33.4 Å². The minimum absolute atomic E-state index is 0.00596. The monoisotopic (exact) mass is 608 g/mol. The van der Waals surface area contributed by atoms with E-state index < -0.39 is 0 Å². The Bertz CT molecular complexity index is 2020. The van der Waals surface area contributed by atoms with Crippen molar-refractivity contribution in [1.82, 2.24) is 0 Å². The van der Waals surface area contributed by atoms with Crippen LogP contribution in [-0.4, -0.2) is 12.8 Å². The van der Waals surface area contributed by atoms with Gasteiger partial charge < -0.3 is 19.4 Å². The Balaban J connectivity index is 1.40. The molecular formula is C41H45BN2O2. The topological polar surface area (TPSA) is 37.6 Å². The Morgan fingerprint density at radius 2 is 1.50 bits per heavy atom. The van der Waals surface area contributed by atoms with Crippen LogP contribution in [0.1, 0.15) is 79.0 Å². The third-order valence-electron chi connectivity index (χ3n) is 10.3. The number of fused-ring (bicyclic) bond motifs is 7. The maximum atomic E-state index is 6.99. The number of ether oxygens (including phenoxy) is 1. The standard InChI is InChI=1S/C41H45BN2O2/c1-23-19-30-34-31(20-23)44(27-15-11-24(12-16-27)39(2,3)4)36-29-22-26(41(8,9)10)14-18-33(29)46-38(36)42(34)37-35(43-30)28-21-25(40(5,6)7)13-17-32(28)45-37/h11-22,28,32,43H,1-10H3. The number of anilines is 4. The normalized spacial score (nSPS) is 20.2. The smallest absolute Gasteiger partial charge is 0.340 e. The number of benzene rings is 3. The number of hydrogen-bond acceptors (Lipinski definition) is 4. The lowest BCUT2D eigenvalue weighted by Crippen LogP contribution is -2.54. The summed E-state index contributed by atoms with van der Waals surface area (Å²) in [4.78, 5) is 2.44. The lowest BCUT2D eigenvalue weighted by atomic mass is 9.38. The molecule has 0 spiro atoms. The van der Waals surface area contributed by atoms with Gasteiger partial charge in [0.1, 0.15) is 17.3 Å². The zero-order valence-electron chi connectivity index (χ0n) is 28.9. The molecule has 5 heteroatoms. The molecule has 0 fully saturated rings. The molecular weight excluding hydrogens is 563 g/mol. The number of hydrogen-bond donors (Lipinski definition) is 1. The molecule has 3 aromatic carbocycles. The van der Waals surface area contributed by atoms with Crippen LogP contribution < -0.4 is 21.3 Å². The van der Waals surface area contributed by atoms with E-state index in [0.717, 1.165) is 45.0 Å². The molecule has 4 aromatic rings. The van der Waals surface area contributed by atoms with Crippen LogP contribution in [0, 0.1) is 18.3 Å². The predicted molar refractivity (Wildman–Crippen MR) is 194 cm³/mol. The van der Waals surface area contributed by atoms with E-state index >= 15 is 0 Å². The third-order valence-corrected chi connectivity index (χ3v) is 10.3. The van der Waals surface area contributed by atoms with Gasteiger partial charge in [-0.05, 0) is 93.4 Å². The van der Waals surface area contributed by atoms with Gasteiger partial charge in [0.15, 0.2) is 0 Å². The Labute approximate surface area is 274 Å². The van der Waals surface area contributed by atoms with Crippen LogP contribution in [0.15, 0.2) is 94.2 Å². The lowest BCUT2D eigenvalue weighted by Gasteiger charge is -2.38. The van der Waals surface area contributed by atoms with Crippen LogP contribution >= 0.6 is 0 Å². The largest absolute Gasteiger partial charge is 0.497 e. The van der Waals surface area contributed by atoms with Crippen molar-refractivity contribution in [1.29, 1.82) is 0 Å². The van der Waals surface area contributed by atoms with Gasteiger partial charge in [-0.3, -0.25) is 0 Å². The SMILES string of the molecule is Cc1cc2c3c(c1)N(c1ccc(C(C)(C)C)cc1)c1c(oc4ccc(C(C)(C)C)cc14)B3C1=C(N2)C2C=C(C(C)(C)C)C=CC2O1. The van der Waals surface area contributed by atoms with E-state index in [9.17, 15) is 0 Å². The Morgan fingerprint density at radius 1 is 0.804 bits per heavy atom. The number of nitrogens with one attached hydrogen (secondary N) is 1. The average molecular weight is 609 g/mol. The molecule has 4 heterocycles. The summed E-state index contributed by atoms with van der Waals surface area (Å²) in [5.41, 5.74) is 15.1. The molecule has 4 nitrogen and oxygen atoms in total. The van der Waals surface area contributed by atoms with Crippen LogP contribution in [0.4, 0.5) is 22.7 Å². The summed E-state index contributed by atoms with van der Waals surface area (Å²) in [5.74, 6) is 0.134. The number of allylic oxidation sites excluding steroid dienone is 2. The van der Waals surface area contributed by atoms with E-state index in [1.54, 1.807) is 0 Å². The van der Waals surface area contributed by atoms with E-state index in [-0.39, 0.29) is 35.0 Å². The highest BCUT2D eigenvalue weighted by Gasteiger charge is 2.52. The summed E-state index contributed by atoms with van der Waals surface area (Å²) in [5, 5.41) is 5.05. The highest BCUT2D eigenvalue weighted by atomic mass is 16.5. The number of nitrogens with zero attached hydrogens (tertiary/aromatic N) is 1. The zero-order valence-corrected chi connectivity index (χ0v) is 28.9. The lowest BCUT2D eigenvalue weighted by molar-refractivity contribution is 0.179. The highest BCUT2D eigenvalue weighted by Crippen LogP contribution is 2.49. The molecule has 1 N–H and O–H groups in total. The van der Waals surface area contributed by atoms with Crippen molar-refractivity contribution in [3.63, 3.8) is 0 Å². The van der Waals surface area contributed by atoms with Gasteiger partial charge in [0.05, 0.1) is 23.0 Å². The highest BCUT2D eigenvalue weighted by molar-refractivity contribution is 6.94. The summed E-state index contributed by atoms with van der Waals surface area (Å²) < 4.78 is 13.9. The second-order valence-corrected chi connectivity index (χ2v) is 16.8. The summed E-state index contributed by atoms with van der Waals surface area (Å²) >= 11 is 0. The van der Waals surface area contributed by atoms with Crippen LogP contribution in [0.3, 0.4) is 0 Å². The van der Waals surface area contributed by atoms with Gasteiger partial charge in [0, 0.05) is 22.4 Å². The van der Waals surface area contributed by atoms with Crippen LogP contribution in [0.5, 0.6) is 0 Å². The van der Waals surface area contributed by atoms with Crippen molar-refractivity contribution in [2.45, 2.75) is 86.2 Å².